The Morgan fingerprint density at radius 3 is 2.67 bits per heavy atom. The van der Waals surface area contributed by atoms with Crippen LogP contribution in [0.25, 0.3) is 11.4 Å². The summed E-state index contributed by atoms with van der Waals surface area (Å²) in [6, 6.07) is 2.93. The van der Waals surface area contributed by atoms with Gasteiger partial charge in [-0.1, -0.05) is 5.16 Å². The Morgan fingerprint density at radius 2 is 2.13 bits per heavy atom. The van der Waals surface area contributed by atoms with Gasteiger partial charge in [0.25, 0.3) is 0 Å². The molecule has 0 aliphatic heterocycles. The molecule has 0 spiro atoms. The maximum absolute atomic E-state index is 12.1. The molecule has 0 fully saturated rings. The summed E-state index contributed by atoms with van der Waals surface area (Å²) in [5, 5.41) is 3.19. The van der Waals surface area contributed by atoms with Gasteiger partial charge in [-0.25, -0.2) is 0 Å². The van der Waals surface area contributed by atoms with Crippen LogP contribution in [0.1, 0.15) is 5.89 Å². The minimum atomic E-state index is -4.63. The number of nitrogens with zero attached hydrogens (tertiary/aromatic N) is 3. The van der Waals surface area contributed by atoms with Crippen molar-refractivity contribution in [3.05, 3.63) is 30.4 Å². The lowest BCUT2D eigenvalue weighted by Crippen LogP contribution is -2.04. The lowest BCUT2D eigenvalue weighted by Gasteiger charge is -1.95. The number of rotatable bonds is 1. The van der Waals surface area contributed by atoms with Crippen molar-refractivity contribution in [1.82, 2.24) is 15.1 Å². The van der Waals surface area contributed by atoms with Crippen molar-refractivity contribution in [2.75, 3.05) is 0 Å². The fourth-order valence-electron chi connectivity index (χ4n) is 0.908. The average Bonchev–Trinajstić information content (AvgIpc) is 2.67. The van der Waals surface area contributed by atoms with Crippen LogP contribution in [0, 0.1) is 6.20 Å². The van der Waals surface area contributed by atoms with Crippen molar-refractivity contribution in [3.8, 4) is 11.4 Å². The molecule has 77 valence electrons. The minimum absolute atomic E-state index is 0.149. The SMILES string of the molecule is FC(F)(F)c1nc(-c2cc[c]nc2)no1. The van der Waals surface area contributed by atoms with Crippen LogP contribution >= 0.6 is 0 Å². The zero-order valence-electron chi connectivity index (χ0n) is 7.12. The molecule has 2 heterocycles. The summed E-state index contributed by atoms with van der Waals surface area (Å²) >= 11 is 0. The van der Waals surface area contributed by atoms with Crippen molar-refractivity contribution < 1.29 is 17.7 Å². The Morgan fingerprint density at radius 1 is 1.33 bits per heavy atom. The quantitative estimate of drug-likeness (QED) is 0.727. The zero-order valence-corrected chi connectivity index (χ0v) is 7.12. The predicted octanol–water partition coefficient (Wildman–Crippen LogP) is 1.95. The molecule has 4 nitrogen and oxygen atoms in total. The Hall–Kier alpha value is -1.92. The van der Waals surface area contributed by atoms with Gasteiger partial charge in [0, 0.05) is 11.8 Å². The molecule has 0 saturated heterocycles. The van der Waals surface area contributed by atoms with Crippen LogP contribution in [-0.2, 0) is 6.18 Å². The third-order valence-electron chi connectivity index (χ3n) is 1.54. The maximum Gasteiger partial charge on any atom is 0.471 e. The van der Waals surface area contributed by atoms with Crippen LogP contribution in [-0.4, -0.2) is 15.1 Å². The molecule has 0 amide bonds. The first-order valence-electron chi connectivity index (χ1n) is 3.81. The number of halogens is 3. The molecule has 0 aliphatic carbocycles. The summed E-state index contributed by atoms with van der Waals surface area (Å²) in [6.07, 6.45) is -0.848. The van der Waals surface area contributed by atoms with Crippen molar-refractivity contribution in [1.29, 1.82) is 0 Å². The second-order valence-electron chi connectivity index (χ2n) is 2.60. The predicted molar refractivity (Wildman–Crippen MR) is 41.4 cm³/mol. The van der Waals surface area contributed by atoms with Crippen LogP contribution in [0.15, 0.2) is 22.9 Å². The summed E-state index contributed by atoms with van der Waals surface area (Å²) in [6.45, 7) is 0. The van der Waals surface area contributed by atoms with Crippen LogP contribution < -0.4 is 0 Å². The van der Waals surface area contributed by atoms with E-state index in [2.05, 4.69) is 25.8 Å². The summed E-state index contributed by atoms with van der Waals surface area (Å²) in [5.74, 6) is -1.52. The minimum Gasteiger partial charge on any atom is -0.329 e. The fourth-order valence-corrected chi connectivity index (χ4v) is 0.908. The van der Waals surface area contributed by atoms with E-state index in [1.54, 1.807) is 0 Å². The molecule has 7 heteroatoms. The van der Waals surface area contributed by atoms with E-state index in [4.69, 9.17) is 0 Å². The molecule has 0 atom stereocenters. The Bertz CT molecular complexity index is 452. The molecular weight excluding hydrogens is 211 g/mol. The second kappa shape index (κ2) is 3.34. The lowest BCUT2D eigenvalue weighted by atomic mass is 10.3. The van der Waals surface area contributed by atoms with Crippen molar-refractivity contribution in [2.45, 2.75) is 6.18 Å². The number of pyridine rings is 1. The highest BCUT2D eigenvalue weighted by atomic mass is 19.4. The molecule has 0 saturated carbocycles. The fraction of sp³-hybridized carbons (Fsp3) is 0.125. The molecule has 2 aromatic heterocycles. The Labute approximate surface area is 81.8 Å². The first-order chi connectivity index (χ1) is 7.07. The van der Waals surface area contributed by atoms with Gasteiger partial charge in [-0.3, -0.25) is 4.98 Å². The number of hydrogen-bond acceptors (Lipinski definition) is 4. The number of aromatic nitrogens is 3. The first-order valence-corrected chi connectivity index (χ1v) is 3.81. The van der Waals surface area contributed by atoms with Gasteiger partial charge in [-0.05, 0) is 12.1 Å². The van der Waals surface area contributed by atoms with E-state index >= 15 is 0 Å². The van der Waals surface area contributed by atoms with E-state index in [0.29, 0.717) is 5.56 Å². The van der Waals surface area contributed by atoms with Gasteiger partial charge < -0.3 is 4.52 Å². The molecule has 15 heavy (non-hydrogen) atoms. The summed E-state index contributed by atoms with van der Waals surface area (Å²) < 4.78 is 40.4. The highest BCUT2D eigenvalue weighted by molar-refractivity contribution is 5.51. The van der Waals surface area contributed by atoms with Gasteiger partial charge in [0.1, 0.15) is 0 Å². The normalized spacial score (nSPS) is 11.7. The molecule has 2 rings (SSSR count). The third kappa shape index (κ3) is 1.95. The molecule has 0 N–H and O–H groups in total. The zero-order chi connectivity index (χ0) is 10.9. The van der Waals surface area contributed by atoms with Gasteiger partial charge in [0.2, 0.25) is 5.82 Å². The van der Waals surface area contributed by atoms with Crippen LogP contribution in [0.2, 0.25) is 0 Å². The Kier molecular flexibility index (Phi) is 2.14. The molecule has 0 unspecified atom stereocenters. The van der Waals surface area contributed by atoms with Crippen LogP contribution in [0.4, 0.5) is 13.2 Å². The van der Waals surface area contributed by atoms with E-state index in [-0.39, 0.29) is 5.82 Å². The van der Waals surface area contributed by atoms with E-state index in [1.807, 2.05) is 0 Å². The van der Waals surface area contributed by atoms with Crippen molar-refractivity contribution in [2.24, 2.45) is 0 Å². The topological polar surface area (TPSA) is 51.8 Å². The summed E-state index contributed by atoms with van der Waals surface area (Å²) in [7, 11) is 0. The summed E-state index contributed by atoms with van der Waals surface area (Å²) in [5.41, 5.74) is 0.341. The lowest BCUT2D eigenvalue weighted by molar-refractivity contribution is -0.159. The van der Waals surface area contributed by atoms with Crippen LogP contribution in [0.5, 0.6) is 0 Å². The van der Waals surface area contributed by atoms with E-state index in [0.717, 1.165) is 0 Å². The average molecular weight is 214 g/mol. The largest absolute Gasteiger partial charge is 0.471 e. The molecule has 1 radical (unpaired) electrons. The van der Waals surface area contributed by atoms with Gasteiger partial charge in [0.05, 0.1) is 6.20 Å². The van der Waals surface area contributed by atoms with Gasteiger partial charge in [-0.2, -0.15) is 18.2 Å². The molecular formula is C8H3F3N3O. The standard InChI is InChI=1S/C8H3F3N3O/c9-8(10,11)7-13-6(14-15-7)5-2-1-3-12-4-5/h1-2,4H. The highest BCUT2D eigenvalue weighted by Gasteiger charge is 2.38. The third-order valence-corrected chi connectivity index (χ3v) is 1.54. The maximum atomic E-state index is 12.1. The van der Waals surface area contributed by atoms with Gasteiger partial charge >= 0.3 is 12.1 Å². The van der Waals surface area contributed by atoms with E-state index < -0.39 is 12.1 Å². The molecule has 2 aromatic rings. The molecule has 0 aromatic carbocycles. The number of alkyl halides is 3. The van der Waals surface area contributed by atoms with Gasteiger partial charge in [0.15, 0.2) is 0 Å². The number of hydrogen-bond donors (Lipinski definition) is 0. The van der Waals surface area contributed by atoms with E-state index in [1.165, 1.54) is 18.3 Å². The summed E-state index contributed by atoms with van der Waals surface area (Å²) in [4.78, 5) is 6.80. The second-order valence-corrected chi connectivity index (χ2v) is 2.60. The monoisotopic (exact) mass is 214 g/mol. The smallest absolute Gasteiger partial charge is 0.329 e. The molecule has 0 aliphatic rings. The van der Waals surface area contributed by atoms with Gasteiger partial charge in [-0.15, -0.1) is 0 Å². The molecule has 0 bridgehead atoms. The van der Waals surface area contributed by atoms with Crippen molar-refractivity contribution >= 4 is 0 Å². The van der Waals surface area contributed by atoms with Crippen LogP contribution in [0.3, 0.4) is 0 Å². The highest BCUT2D eigenvalue weighted by Crippen LogP contribution is 2.28. The van der Waals surface area contributed by atoms with E-state index in [9.17, 15) is 13.2 Å². The first kappa shape index (κ1) is 9.63. The van der Waals surface area contributed by atoms with Crippen molar-refractivity contribution in [3.63, 3.8) is 0 Å². The Balaban J connectivity index is 2.37.